The molecule has 0 amide bonds. The zero-order chi connectivity index (χ0) is 8.10. The number of alkyl halides is 1. The molecule has 2 nitrogen and oxygen atoms in total. The smallest absolute Gasteiger partial charge is 0.0906 e. The second-order valence-electron chi connectivity index (χ2n) is 3.22. The van der Waals surface area contributed by atoms with Crippen molar-refractivity contribution in [1.29, 1.82) is 0 Å². The average Bonchev–Trinajstić information content (AvgIpc) is 2.04. The van der Waals surface area contributed by atoms with Gasteiger partial charge in [-0.05, 0) is 32.4 Å². The summed E-state index contributed by atoms with van der Waals surface area (Å²) in [4.78, 5) is 2.29. The first-order valence-electron chi connectivity index (χ1n) is 4.37. The first kappa shape index (κ1) is 8.94. The second kappa shape index (κ2) is 4.67. The Balaban J connectivity index is 2.07. The summed E-state index contributed by atoms with van der Waals surface area (Å²) >= 11 is 0. The Kier molecular flexibility index (Phi) is 3.80. The number of rotatable bonds is 3. The maximum atomic E-state index is 11.8. The van der Waals surface area contributed by atoms with Crippen molar-refractivity contribution in [3.8, 4) is 0 Å². The van der Waals surface area contributed by atoms with Crippen LogP contribution in [0.15, 0.2) is 0 Å². The Bertz CT molecular complexity index is 97.5. The van der Waals surface area contributed by atoms with Crippen molar-refractivity contribution in [3.05, 3.63) is 0 Å². The SMILES string of the molecule is NC1CCN(CCCF)CC1. The predicted octanol–water partition coefficient (Wildman–Crippen LogP) is 0.769. The van der Waals surface area contributed by atoms with Crippen LogP contribution >= 0.6 is 0 Å². The van der Waals surface area contributed by atoms with E-state index in [0.29, 0.717) is 12.5 Å². The Hall–Kier alpha value is -0.150. The van der Waals surface area contributed by atoms with E-state index in [1.165, 1.54) is 0 Å². The van der Waals surface area contributed by atoms with Gasteiger partial charge in [-0.2, -0.15) is 0 Å². The van der Waals surface area contributed by atoms with Gasteiger partial charge in [0.1, 0.15) is 0 Å². The highest BCUT2D eigenvalue weighted by atomic mass is 19.1. The maximum absolute atomic E-state index is 11.8. The Labute approximate surface area is 67.6 Å². The Morgan fingerprint density at radius 2 is 2.00 bits per heavy atom. The van der Waals surface area contributed by atoms with Crippen LogP contribution in [0.4, 0.5) is 4.39 Å². The van der Waals surface area contributed by atoms with Gasteiger partial charge in [-0.1, -0.05) is 0 Å². The zero-order valence-corrected chi connectivity index (χ0v) is 6.93. The summed E-state index contributed by atoms with van der Waals surface area (Å²) in [7, 11) is 0. The largest absolute Gasteiger partial charge is 0.328 e. The lowest BCUT2D eigenvalue weighted by molar-refractivity contribution is 0.205. The molecule has 0 saturated carbocycles. The molecule has 0 atom stereocenters. The molecule has 1 aliphatic heterocycles. The Morgan fingerprint density at radius 1 is 1.36 bits per heavy atom. The van der Waals surface area contributed by atoms with E-state index in [4.69, 9.17) is 5.73 Å². The van der Waals surface area contributed by atoms with Gasteiger partial charge in [0.25, 0.3) is 0 Å². The lowest BCUT2D eigenvalue weighted by Gasteiger charge is -2.29. The van der Waals surface area contributed by atoms with Crippen molar-refractivity contribution in [2.45, 2.75) is 25.3 Å². The summed E-state index contributed by atoms with van der Waals surface area (Å²) in [5.74, 6) is 0. The molecule has 0 aromatic rings. The van der Waals surface area contributed by atoms with Crippen LogP contribution in [0.25, 0.3) is 0 Å². The van der Waals surface area contributed by atoms with E-state index in [-0.39, 0.29) is 6.67 Å². The first-order chi connectivity index (χ1) is 5.33. The van der Waals surface area contributed by atoms with Crippen molar-refractivity contribution in [3.63, 3.8) is 0 Å². The number of hydrogen-bond donors (Lipinski definition) is 1. The maximum Gasteiger partial charge on any atom is 0.0906 e. The van der Waals surface area contributed by atoms with Crippen LogP contribution in [0.5, 0.6) is 0 Å². The van der Waals surface area contributed by atoms with Crippen LogP contribution in [-0.4, -0.2) is 37.3 Å². The summed E-state index contributed by atoms with van der Waals surface area (Å²) in [6.07, 6.45) is 2.83. The molecule has 66 valence electrons. The number of hydrogen-bond acceptors (Lipinski definition) is 2. The van der Waals surface area contributed by atoms with Gasteiger partial charge in [-0.15, -0.1) is 0 Å². The molecule has 11 heavy (non-hydrogen) atoms. The number of likely N-dealkylation sites (tertiary alicyclic amines) is 1. The predicted molar refractivity (Wildman–Crippen MR) is 44.2 cm³/mol. The van der Waals surface area contributed by atoms with Gasteiger partial charge in [-0.3, -0.25) is 4.39 Å². The molecular weight excluding hydrogens is 143 g/mol. The third-order valence-corrected chi connectivity index (χ3v) is 2.24. The van der Waals surface area contributed by atoms with Gasteiger partial charge in [0, 0.05) is 12.6 Å². The number of piperidine rings is 1. The molecular formula is C8H17FN2. The van der Waals surface area contributed by atoms with Crippen LogP contribution in [0.2, 0.25) is 0 Å². The minimum atomic E-state index is -0.192. The van der Waals surface area contributed by atoms with Crippen molar-refractivity contribution in [2.24, 2.45) is 5.73 Å². The molecule has 1 aliphatic rings. The molecule has 0 aliphatic carbocycles. The molecule has 0 aromatic carbocycles. The van der Waals surface area contributed by atoms with Gasteiger partial charge in [0.15, 0.2) is 0 Å². The Morgan fingerprint density at radius 3 is 2.55 bits per heavy atom. The van der Waals surface area contributed by atoms with E-state index in [1.54, 1.807) is 0 Å². The van der Waals surface area contributed by atoms with Gasteiger partial charge < -0.3 is 10.6 Å². The lowest BCUT2D eigenvalue weighted by Crippen LogP contribution is -2.40. The van der Waals surface area contributed by atoms with E-state index in [1.807, 2.05) is 0 Å². The van der Waals surface area contributed by atoms with Crippen LogP contribution in [0.1, 0.15) is 19.3 Å². The molecule has 0 radical (unpaired) electrons. The summed E-state index contributed by atoms with van der Waals surface area (Å²) in [5, 5.41) is 0. The third kappa shape index (κ3) is 3.16. The molecule has 3 heteroatoms. The molecule has 1 saturated heterocycles. The topological polar surface area (TPSA) is 29.3 Å². The molecule has 2 N–H and O–H groups in total. The fourth-order valence-corrected chi connectivity index (χ4v) is 1.46. The highest BCUT2D eigenvalue weighted by Crippen LogP contribution is 2.07. The van der Waals surface area contributed by atoms with Gasteiger partial charge >= 0.3 is 0 Å². The molecule has 1 rings (SSSR count). The summed E-state index contributed by atoms with van der Waals surface area (Å²) in [6.45, 7) is 2.83. The van der Waals surface area contributed by atoms with Gasteiger partial charge in [0.2, 0.25) is 0 Å². The number of nitrogens with zero attached hydrogens (tertiary/aromatic N) is 1. The van der Waals surface area contributed by atoms with E-state index in [9.17, 15) is 4.39 Å². The second-order valence-corrected chi connectivity index (χ2v) is 3.22. The van der Waals surface area contributed by atoms with Crippen LogP contribution in [-0.2, 0) is 0 Å². The summed E-state index contributed by atoms with van der Waals surface area (Å²) in [5.41, 5.74) is 5.72. The fraction of sp³-hybridized carbons (Fsp3) is 1.00. The van der Waals surface area contributed by atoms with E-state index in [2.05, 4.69) is 4.90 Å². The number of nitrogens with two attached hydrogens (primary N) is 1. The fourth-order valence-electron chi connectivity index (χ4n) is 1.46. The molecule has 0 aromatic heterocycles. The summed E-state index contributed by atoms with van der Waals surface area (Å²) in [6, 6.07) is 0.386. The first-order valence-corrected chi connectivity index (χ1v) is 4.37. The van der Waals surface area contributed by atoms with Crippen molar-refractivity contribution in [1.82, 2.24) is 4.90 Å². The number of halogens is 1. The monoisotopic (exact) mass is 160 g/mol. The van der Waals surface area contributed by atoms with Crippen molar-refractivity contribution in [2.75, 3.05) is 26.3 Å². The van der Waals surface area contributed by atoms with Crippen LogP contribution < -0.4 is 5.73 Å². The minimum Gasteiger partial charge on any atom is -0.328 e. The highest BCUT2D eigenvalue weighted by molar-refractivity contribution is 4.73. The lowest BCUT2D eigenvalue weighted by atomic mass is 10.1. The molecule has 0 bridgehead atoms. The molecule has 0 spiro atoms. The van der Waals surface area contributed by atoms with E-state index >= 15 is 0 Å². The average molecular weight is 160 g/mol. The van der Waals surface area contributed by atoms with Gasteiger partial charge in [-0.25, -0.2) is 0 Å². The highest BCUT2D eigenvalue weighted by Gasteiger charge is 2.14. The van der Waals surface area contributed by atoms with Crippen LogP contribution in [0.3, 0.4) is 0 Å². The van der Waals surface area contributed by atoms with E-state index in [0.717, 1.165) is 32.5 Å². The van der Waals surface area contributed by atoms with Gasteiger partial charge in [0.05, 0.1) is 6.67 Å². The quantitative estimate of drug-likeness (QED) is 0.660. The summed E-state index contributed by atoms with van der Waals surface area (Å²) < 4.78 is 11.8. The van der Waals surface area contributed by atoms with Crippen molar-refractivity contribution < 1.29 is 4.39 Å². The standard InChI is InChI=1S/C8H17FN2/c9-4-1-5-11-6-2-8(10)3-7-11/h8H,1-7,10H2. The zero-order valence-electron chi connectivity index (χ0n) is 6.93. The molecule has 0 unspecified atom stereocenters. The van der Waals surface area contributed by atoms with Crippen LogP contribution in [0, 0.1) is 0 Å². The normalized spacial score (nSPS) is 22.4. The molecule has 1 fully saturated rings. The minimum absolute atomic E-state index is 0.192. The van der Waals surface area contributed by atoms with Crippen molar-refractivity contribution >= 4 is 0 Å². The van der Waals surface area contributed by atoms with E-state index < -0.39 is 0 Å². The molecule has 1 heterocycles. The third-order valence-electron chi connectivity index (χ3n) is 2.24.